The van der Waals surface area contributed by atoms with E-state index in [1.165, 1.54) is 0 Å². The van der Waals surface area contributed by atoms with E-state index in [0.717, 1.165) is 19.5 Å². The Kier molecular flexibility index (Phi) is 2.31. The van der Waals surface area contributed by atoms with Gasteiger partial charge >= 0.3 is 0 Å². The number of hydrogen-bond donors (Lipinski definition) is 1. The summed E-state index contributed by atoms with van der Waals surface area (Å²) in [7, 11) is 0. The van der Waals surface area contributed by atoms with Gasteiger partial charge in [-0.05, 0) is 6.42 Å². The molecule has 1 amide bonds. The van der Waals surface area contributed by atoms with E-state index in [4.69, 9.17) is 0 Å². The minimum Gasteiger partial charge on any atom is -0.354 e. The molecule has 1 saturated carbocycles. The molecule has 1 unspecified atom stereocenters. The zero-order chi connectivity index (χ0) is 9.26. The first-order chi connectivity index (χ1) is 6.25. The quantitative estimate of drug-likeness (QED) is 0.597. The van der Waals surface area contributed by atoms with E-state index < -0.39 is 0 Å². The predicted octanol–water partition coefficient (Wildman–Crippen LogP) is -0.460. The molecule has 1 aliphatic heterocycles. The summed E-state index contributed by atoms with van der Waals surface area (Å²) >= 11 is 0. The summed E-state index contributed by atoms with van der Waals surface area (Å²) in [6.45, 7) is 2.09. The van der Waals surface area contributed by atoms with Gasteiger partial charge in [0.1, 0.15) is 5.78 Å². The van der Waals surface area contributed by atoms with Crippen LogP contribution in [0.25, 0.3) is 0 Å². The van der Waals surface area contributed by atoms with Crippen LogP contribution in [0.4, 0.5) is 0 Å². The number of nitrogens with one attached hydrogen (secondary N) is 1. The van der Waals surface area contributed by atoms with Crippen LogP contribution in [-0.4, -0.2) is 42.3 Å². The van der Waals surface area contributed by atoms with E-state index in [9.17, 15) is 9.59 Å². The predicted molar refractivity (Wildman–Crippen MR) is 47.2 cm³/mol. The zero-order valence-corrected chi connectivity index (χ0v) is 7.58. The third-order valence-corrected chi connectivity index (χ3v) is 2.80. The molecule has 1 aliphatic carbocycles. The van der Waals surface area contributed by atoms with Gasteiger partial charge in [-0.15, -0.1) is 0 Å². The van der Waals surface area contributed by atoms with Crippen LogP contribution in [0.2, 0.25) is 0 Å². The number of amides is 1. The van der Waals surface area contributed by atoms with Crippen LogP contribution in [0, 0.1) is 0 Å². The van der Waals surface area contributed by atoms with E-state index in [0.29, 0.717) is 31.2 Å². The first kappa shape index (κ1) is 8.69. The number of ketones is 1. The van der Waals surface area contributed by atoms with Gasteiger partial charge < -0.3 is 5.32 Å². The summed E-state index contributed by atoms with van der Waals surface area (Å²) in [6.07, 6.45) is 2.28. The van der Waals surface area contributed by atoms with Crippen LogP contribution < -0.4 is 5.32 Å². The van der Waals surface area contributed by atoms with E-state index in [-0.39, 0.29) is 5.91 Å². The number of Topliss-reactive ketones (excluding diaryl/α,β-unsaturated/α-hetero) is 1. The second-order valence-corrected chi connectivity index (χ2v) is 3.76. The number of carbonyl (C=O) groups is 2. The summed E-state index contributed by atoms with van der Waals surface area (Å²) in [6, 6.07) is 0.332. The number of hydrogen-bond acceptors (Lipinski definition) is 3. The molecule has 1 saturated heterocycles. The lowest BCUT2D eigenvalue weighted by Crippen LogP contribution is -2.51. The van der Waals surface area contributed by atoms with E-state index in [1.807, 2.05) is 0 Å². The average Bonchev–Trinajstić information content (AvgIpc) is 2.52. The van der Waals surface area contributed by atoms with Gasteiger partial charge in [-0.3, -0.25) is 14.5 Å². The Morgan fingerprint density at radius 2 is 2.23 bits per heavy atom. The summed E-state index contributed by atoms with van der Waals surface area (Å²) in [4.78, 5) is 24.3. The number of nitrogens with zero attached hydrogens (tertiary/aromatic N) is 1. The second kappa shape index (κ2) is 3.46. The fourth-order valence-corrected chi connectivity index (χ4v) is 2.08. The Labute approximate surface area is 77.3 Å². The minimum absolute atomic E-state index is 0.0885. The van der Waals surface area contributed by atoms with Gasteiger partial charge in [0.05, 0.1) is 6.54 Å². The van der Waals surface area contributed by atoms with Gasteiger partial charge in [-0.1, -0.05) is 0 Å². The van der Waals surface area contributed by atoms with Gasteiger partial charge in [0.2, 0.25) is 5.91 Å². The highest BCUT2D eigenvalue weighted by Crippen LogP contribution is 2.20. The van der Waals surface area contributed by atoms with Gasteiger partial charge in [-0.25, -0.2) is 0 Å². The first-order valence-corrected chi connectivity index (χ1v) is 4.78. The Bertz CT molecular complexity index is 240. The average molecular weight is 182 g/mol. The van der Waals surface area contributed by atoms with Gasteiger partial charge in [0, 0.05) is 32.0 Å². The smallest absolute Gasteiger partial charge is 0.234 e. The lowest BCUT2D eigenvalue weighted by molar-refractivity contribution is -0.125. The molecule has 2 rings (SSSR count). The van der Waals surface area contributed by atoms with E-state index in [1.54, 1.807) is 0 Å². The molecule has 4 heteroatoms. The van der Waals surface area contributed by atoms with Gasteiger partial charge in [0.15, 0.2) is 0 Å². The largest absolute Gasteiger partial charge is 0.354 e. The van der Waals surface area contributed by atoms with Crippen molar-refractivity contribution in [2.24, 2.45) is 0 Å². The normalized spacial score (nSPS) is 30.6. The maximum atomic E-state index is 11.1. The third kappa shape index (κ3) is 1.88. The molecule has 1 atom stereocenters. The lowest BCUT2D eigenvalue weighted by Gasteiger charge is -2.31. The van der Waals surface area contributed by atoms with Gasteiger partial charge in [-0.2, -0.15) is 0 Å². The number of carbonyl (C=O) groups excluding carboxylic acids is 2. The molecule has 2 aliphatic rings. The van der Waals surface area contributed by atoms with Crippen LogP contribution in [0.1, 0.15) is 19.3 Å². The molecular formula is C9H14N2O2. The highest BCUT2D eigenvalue weighted by molar-refractivity contribution is 5.82. The minimum atomic E-state index is 0.0885. The van der Waals surface area contributed by atoms with Crippen molar-refractivity contribution in [3.63, 3.8) is 0 Å². The maximum absolute atomic E-state index is 11.1. The molecule has 0 aromatic rings. The summed E-state index contributed by atoms with van der Waals surface area (Å²) in [5.41, 5.74) is 0. The van der Waals surface area contributed by atoms with Crippen molar-refractivity contribution in [3.8, 4) is 0 Å². The molecule has 1 N–H and O–H groups in total. The van der Waals surface area contributed by atoms with Gasteiger partial charge in [0.25, 0.3) is 0 Å². The highest BCUT2D eigenvalue weighted by Gasteiger charge is 2.30. The first-order valence-electron chi connectivity index (χ1n) is 4.78. The SMILES string of the molecule is O=C1CCC(N2CCNC(=O)C2)C1. The van der Waals surface area contributed by atoms with Crippen LogP contribution in [0.15, 0.2) is 0 Å². The zero-order valence-electron chi connectivity index (χ0n) is 7.58. The molecule has 0 aromatic heterocycles. The molecule has 0 aromatic carbocycles. The molecule has 4 nitrogen and oxygen atoms in total. The van der Waals surface area contributed by atoms with Crippen LogP contribution in [0.3, 0.4) is 0 Å². The summed E-state index contributed by atoms with van der Waals surface area (Å²) in [5.74, 6) is 0.432. The molecule has 0 bridgehead atoms. The molecule has 1 heterocycles. The maximum Gasteiger partial charge on any atom is 0.234 e. The number of rotatable bonds is 1. The summed E-state index contributed by atoms with van der Waals surface area (Å²) < 4.78 is 0. The highest BCUT2D eigenvalue weighted by atomic mass is 16.2. The Morgan fingerprint density at radius 3 is 2.85 bits per heavy atom. The molecule has 0 spiro atoms. The van der Waals surface area contributed by atoms with Crippen LogP contribution in [-0.2, 0) is 9.59 Å². The Hall–Kier alpha value is -0.900. The van der Waals surface area contributed by atoms with Crippen molar-refractivity contribution in [3.05, 3.63) is 0 Å². The molecular weight excluding hydrogens is 168 g/mol. The Balaban J connectivity index is 1.92. The van der Waals surface area contributed by atoms with Crippen molar-refractivity contribution in [1.29, 1.82) is 0 Å². The fourth-order valence-electron chi connectivity index (χ4n) is 2.08. The van der Waals surface area contributed by atoms with Crippen molar-refractivity contribution in [2.45, 2.75) is 25.3 Å². The topological polar surface area (TPSA) is 49.4 Å². The van der Waals surface area contributed by atoms with Crippen LogP contribution in [0.5, 0.6) is 0 Å². The Morgan fingerprint density at radius 1 is 1.38 bits per heavy atom. The monoisotopic (exact) mass is 182 g/mol. The van der Waals surface area contributed by atoms with Crippen molar-refractivity contribution in [2.75, 3.05) is 19.6 Å². The third-order valence-electron chi connectivity index (χ3n) is 2.80. The number of piperazine rings is 1. The second-order valence-electron chi connectivity index (χ2n) is 3.76. The molecule has 0 radical (unpaired) electrons. The molecule has 2 fully saturated rings. The lowest BCUT2D eigenvalue weighted by atomic mass is 10.2. The molecule has 72 valence electrons. The standard InChI is InChI=1S/C9H14N2O2/c12-8-2-1-7(5-8)11-4-3-10-9(13)6-11/h7H,1-6H2,(H,10,13). The van der Waals surface area contributed by atoms with Crippen molar-refractivity contribution >= 4 is 11.7 Å². The molecule has 13 heavy (non-hydrogen) atoms. The summed E-state index contributed by atoms with van der Waals surface area (Å²) in [5, 5.41) is 2.78. The van der Waals surface area contributed by atoms with Crippen molar-refractivity contribution < 1.29 is 9.59 Å². The fraction of sp³-hybridized carbons (Fsp3) is 0.778. The van der Waals surface area contributed by atoms with E-state index in [2.05, 4.69) is 10.2 Å². The van der Waals surface area contributed by atoms with Crippen LogP contribution >= 0.6 is 0 Å². The van der Waals surface area contributed by atoms with E-state index >= 15 is 0 Å². The van der Waals surface area contributed by atoms with Crippen molar-refractivity contribution in [1.82, 2.24) is 10.2 Å².